The molecule has 9 amide bonds. The number of hydrogen-bond acceptors (Lipinski definition) is 17. The van der Waals surface area contributed by atoms with Gasteiger partial charge >= 0.3 is 11.9 Å². The van der Waals surface area contributed by atoms with Crippen molar-refractivity contribution < 1.29 is 73.2 Å². The number of carbonyl (C=O) groups excluding carboxylic acids is 9. The van der Waals surface area contributed by atoms with Gasteiger partial charge in [0.1, 0.15) is 53.8 Å². The topological polar surface area (TPSA) is 500 Å². The summed E-state index contributed by atoms with van der Waals surface area (Å²) in [5.74, 6) is -11.6. The Balaban J connectivity index is 1.31. The smallest absolute Gasteiger partial charge is 0.326 e. The van der Waals surface area contributed by atoms with Crippen molar-refractivity contribution in [3.8, 4) is 11.5 Å². The number of primary amides is 1. The molecule has 5 aromatic rings. The van der Waals surface area contributed by atoms with Gasteiger partial charge in [0.05, 0.1) is 31.7 Å². The average Bonchev–Trinajstić information content (AvgIpc) is 4.23. The second-order valence-electron chi connectivity index (χ2n) is 20.0. The summed E-state index contributed by atoms with van der Waals surface area (Å²) in [6.45, 7) is -0.603. The summed E-state index contributed by atoms with van der Waals surface area (Å²) in [4.78, 5) is 161. The van der Waals surface area contributed by atoms with E-state index in [4.69, 9.17) is 17.2 Å². The number of amides is 9. The third-order valence-corrected chi connectivity index (χ3v) is 13.2. The molecule has 30 heteroatoms. The number of phenolic OH excluding ortho intramolecular Hbond substituents is 2. The van der Waals surface area contributed by atoms with Gasteiger partial charge in [-0.15, -0.1) is 0 Å². The van der Waals surface area contributed by atoms with E-state index in [1.807, 2.05) is 0 Å². The minimum atomic E-state index is -1.66. The first-order valence-corrected chi connectivity index (χ1v) is 27.2. The summed E-state index contributed by atoms with van der Waals surface area (Å²) in [6, 6.07) is 7.73. The Kier molecular flexibility index (Phi) is 26.1. The highest BCUT2D eigenvalue weighted by Gasteiger charge is 2.35. The second kappa shape index (κ2) is 33.8. The lowest BCUT2D eigenvalue weighted by Gasteiger charge is -2.26. The number of hydrogen-bond donors (Lipinski definition) is 17. The Hall–Kier alpha value is -10.2. The molecule has 3 aromatic carbocycles. The Morgan fingerprint density at radius 2 is 0.930 bits per heavy atom. The number of aromatic amines is 2. The monoisotopic (exact) mass is 1190 g/mol. The minimum Gasteiger partial charge on any atom is -0.508 e. The molecule has 0 spiro atoms. The molecular formula is C56H71N15O15. The molecule has 0 unspecified atom stereocenters. The van der Waals surface area contributed by atoms with Gasteiger partial charge in [-0.1, -0.05) is 54.6 Å². The predicted molar refractivity (Wildman–Crippen MR) is 304 cm³/mol. The number of nitrogens with zero attached hydrogens (tertiary/aromatic N) is 2. The summed E-state index contributed by atoms with van der Waals surface area (Å²) in [6.07, 6.45) is 3.06. The number of carboxylic acid groups (broad SMARTS) is 2. The number of rotatable bonds is 36. The summed E-state index contributed by atoms with van der Waals surface area (Å²) >= 11 is 0. The van der Waals surface area contributed by atoms with E-state index >= 15 is 0 Å². The van der Waals surface area contributed by atoms with E-state index in [0.29, 0.717) is 34.5 Å². The van der Waals surface area contributed by atoms with Crippen molar-refractivity contribution in [1.82, 2.24) is 62.5 Å². The van der Waals surface area contributed by atoms with Gasteiger partial charge in [0.15, 0.2) is 0 Å². The van der Waals surface area contributed by atoms with Crippen LogP contribution in [0, 0.1) is 0 Å². The zero-order chi connectivity index (χ0) is 62.7. The number of nitrogens with two attached hydrogens (primary N) is 3. The molecule has 0 radical (unpaired) electrons. The molecule has 0 aliphatic rings. The number of nitrogens with one attached hydrogen (secondary N) is 10. The summed E-state index contributed by atoms with van der Waals surface area (Å²) in [7, 11) is 0. The molecule has 2 aromatic heterocycles. The Labute approximate surface area is 492 Å². The van der Waals surface area contributed by atoms with Crippen LogP contribution in [0.5, 0.6) is 11.5 Å². The number of aromatic nitrogens is 4. The Morgan fingerprint density at radius 3 is 1.43 bits per heavy atom. The van der Waals surface area contributed by atoms with E-state index in [1.165, 1.54) is 73.6 Å². The van der Waals surface area contributed by atoms with Gasteiger partial charge in [-0.2, -0.15) is 0 Å². The van der Waals surface area contributed by atoms with Crippen LogP contribution in [0.15, 0.2) is 104 Å². The van der Waals surface area contributed by atoms with Crippen molar-refractivity contribution in [2.45, 2.75) is 119 Å². The minimum absolute atomic E-state index is 0.0253. The molecule has 86 heavy (non-hydrogen) atoms. The lowest BCUT2D eigenvalue weighted by Crippen LogP contribution is -2.59. The van der Waals surface area contributed by atoms with Crippen molar-refractivity contribution in [3.05, 3.63) is 132 Å². The van der Waals surface area contributed by atoms with E-state index in [1.54, 1.807) is 30.3 Å². The van der Waals surface area contributed by atoms with Crippen LogP contribution in [0.3, 0.4) is 0 Å². The van der Waals surface area contributed by atoms with Crippen LogP contribution in [-0.4, -0.2) is 167 Å². The van der Waals surface area contributed by atoms with E-state index in [0.717, 1.165) is 0 Å². The number of aromatic hydroxyl groups is 2. The SMILES string of the molecule is NCCCC[C@H](NC(=O)CNC(=O)[C@H](Cc1cnc[nH]1)NC(=O)[C@H](Cc1ccc(O)cc1)NC(=O)[C@H](CC(N)=O)NC(=O)[C@@H](N)Cc1ccc(O)cc1)C(=O)N[C@@H](Cc1cnc[nH]1)C(=O)N[C@@H](CCC(=O)O)C(=O)N[C@@H](Cc1ccccc1)C(=O)O. The average molecular weight is 1190 g/mol. The standard InChI is InChI=1S/C56H71N15O15/c57-19-5-4-8-39(51(80)70-43(24-35-27-61-30-64-35)54(83)66-40(17-18-48(76)77)52(81)71-45(56(85)86)22-31-6-2-1-3-7-31)65-47(75)28-62-50(79)42(23-34-26-60-29-63-34)69-53(82)41(21-33-11-15-37(73)16-12-33)68-55(84)44(25-46(59)74)67-49(78)38(58)20-32-9-13-36(72)14-10-32/h1-3,6-7,9-16,26-27,29-30,38-45,72-73H,4-5,8,17-25,28,57-58H2,(H2,59,74)(H,60,63)(H,61,64)(H,62,79)(H,65,75)(H,66,83)(H,67,78)(H,68,84)(H,69,82)(H,70,80)(H,71,81)(H,76,77)(H,85,86)/t38-,39-,40-,41-,42-,43-,44-,45-/m0/s1. The van der Waals surface area contributed by atoms with Crippen LogP contribution in [0.2, 0.25) is 0 Å². The Morgan fingerprint density at radius 1 is 0.488 bits per heavy atom. The van der Waals surface area contributed by atoms with Gasteiger partial charge in [-0.25, -0.2) is 14.8 Å². The van der Waals surface area contributed by atoms with E-state index < -0.39 is 139 Å². The van der Waals surface area contributed by atoms with Gasteiger partial charge in [0.25, 0.3) is 0 Å². The maximum absolute atomic E-state index is 14.4. The van der Waals surface area contributed by atoms with E-state index in [2.05, 4.69) is 62.5 Å². The fourth-order valence-corrected chi connectivity index (χ4v) is 8.64. The first-order valence-electron chi connectivity index (χ1n) is 27.2. The largest absolute Gasteiger partial charge is 0.508 e. The molecule has 0 aliphatic heterocycles. The first-order chi connectivity index (χ1) is 41.1. The quantitative estimate of drug-likeness (QED) is 0.0176. The number of unbranched alkanes of at least 4 members (excludes halogenated alkanes) is 1. The zero-order valence-electron chi connectivity index (χ0n) is 46.5. The molecule has 30 nitrogen and oxygen atoms in total. The van der Waals surface area contributed by atoms with E-state index in [9.17, 15) is 73.2 Å². The zero-order valence-corrected chi connectivity index (χ0v) is 46.5. The molecule has 8 atom stereocenters. The fraction of sp³-hybridized carbons (Fsp3) is 0.375. The number of imidazole rings is 2. The summed E-state index contributed by atoms with van der Waals surface area (Å²) in [5, 5.41) is 58.9. The second-order valence-corrected chi connectivity index (χ2v) is 20.0. The number of phenols is 2. The maximum atomic E-state index is 14.4. The molecule has 0 saturated carbocycles. The van der Waals surface area contributed by atoms with E-state index in [-0.39, 0.29) is 63.0 Å². The molecule has 0 saturated heterocycles. The lowest BCUT2D eigenvalue weighted by atomic mass is 10.0. The number of aliphatic carboxylic acids is 2. The fourth-order valence-electron chi connectivity index (χ4n) is 8.64. The van der Waals surface area contributed by atoms with Gasteiger partial charge in [-0.3, -0.25) is 47.9 Å². The van der Waals surface area contributed by atoms with Crippen molar-refractivity contribution in [2.24, 2.45) is 17.2 Å². The molecule has 20 N–H and O–H groups in total. The highest BCUT2D eigenvalue weighted by atomic mass is 16.4. The van der Waals surface area contributed by atoms with Crippen molar-refractivity contribution >= 4 is 65.1 Å². The summed E-state index contributed by atoms with van der Waals surface area (Å²) in [5.41, 5.74) is 19.5. The molecule has 5 rings (SSSR count). The highest BCUT2D eigenvalue weighted by Crippen LogP contribution is 2.15. The first kappa shape index (κ1) is 66.6. The van der Waals surface area contributed by atoms with Crippen molar-refractivity contribution in [1.29, 1.82) is 0 Å². The van der Waals surface area contributed by atoms with Crippen molar-refractivity contribution in [3.63, 3.8) is 0 Å². The van der Waals surface area contributed by atoms with Gasteiger partial charge in [0, 0.05) is 55.9 Å². The molecule has 2 heterocycles. The molecule has 0 fully saturated rings. The van der Waals surface area contributed by atoms with Gasteiger partial charge in [0.2, 0.25) is 53.2 Å². The van der Waals surface area contributed by atoms with Gasteiger partial charge in [-0.05, 0) is 79.6 Å². The lowest BCUT2D eigenvalue weighted by molar-refractivity contribution is -0.143. The van der Waals surface area contributed by atoms with Crippen LogP contribution >= 0.6 is 0 Å². The molecule has 0 aliphatic carbocycles. The van der Waals surface area contributed by atoms with Crippen LogP contribution in [0.25, 0.3) is 0 Å². The molecule has 460 valence electrons. The normalized spacial score (nSPS) is 13.7. The number of H-pyrrole nitrogens is 2. The third kappa shape index (κ3) is 22.8. The Bertz CT molecular complexity index is 3080. The number of carboxylic acids is 2. The van der Waals surface area contributed by atoms with Gasteiger partial charge < -0.3 is 90.1 Å². The van der Waals surface area contributed by atoms with Crippen molar-refractivity contribution in [2.75, 3.05) is 13.1 Å². The van der Waals surface area contributed by atoms with Crippen LogP contribution in [0.4, 0.5) is 0 Å². The third-order valence-electron chi connectivity index (χ3n) is 13.2. The number of benzene rings is 3. The molecular weight excluding hydrogens is 1120 g/mol. The summed E-state index contributed by atoms with van der Waals surface area (Å²) < 4.78 is 0. The predicted octanol–water partition coefficient (Wildman–Crippen LogP) is -3.15. The van der Waals surface area contributed by atoms with Crippen LogP contribution < -0.4 is 59.7 Å². The highest BCUT2D eigenvalue weighted by molar-refractivity contribution is 5.98. The number of carbonyl (C=O) groups is 11. The van der Waals surface area contributed by atoms with Crippen LogP contribution in [0.1, 0.15) is 66.6 Å². The maximum Gasteiger partial charge on any atom is 0.326 e. The van der Waals surface area contributed by atoms with Crippen LogP contribution in [-0.2, 0) is 84.8 Å². The molecule has 0 bridgehead atoms.